The van der Waals surface area contributed by atoms with E-state index in [0.717, 1.165) is 23.9 Å². The normalized spacial score (nSPS) is 11.3. The number of pyridine rings is 1. The minimum atomic E-state index is -3.67. The Morgan fingerprint density at radius 1 is 1.16 bits per heavy atom. The van der Waals surface area contributed by atoms with Gasteiger partial charge in [0.2, 0.25) is 5.89 Å². The number of aryl methyl sites for hydroxylation is 1. The number of carbonyl (C=O) groups is 1. The number of sulfone groups is 1. The molecule has 0 atom stereocenters. The Kier molecular flexibility index (Phi) is 5.47. The Hall–Kier alpha value is -4.03. The van der Waals surface area contributed by atoms with Crippen LogP contribution in [0.5, 0.6) is 0 Å². The van der Waals surface area contributed by atoms with E-state index in [1.807, 2.05) is 25.1 Å². The fourth-order valence-corrected chi connectivity index (χ4v) is 4.05. The predicted octanol–water partition coefficient (Wildman–Crippen LogP) is 3.98. The number of hydrogen-bond donors (Lipinski definition) is 1. The van der Waals surface area contributed by atoms with Gasteiger partial charge in [0.25, 0.3) is 5.91 Å². The molecule has 2 aromatic carbocycles. The summed E-state index contributed by atoms with van der Waals surface area (Å²) in [4.78, 5) is 21.5. The van der Waals surface area contributed by atoms with Crippen LogP contribution in [-0.4, -0.2) is 30.5 Å². The Balaban J connectivity index is 1.65. The summed E-state index contributed by atoms with van der Waals surface area (Å²) >= 11 is 0. The number of carbonyl (C=O) groups excluding carboxylic acids is 1. The van der Waals surface area contributed by atoms with Crippen molar-refractivity contribution in [1.82, 2.24) is 9.97 Å². The first-order valence-corrected chi connectivity index (χ1v) is 11.6. The third-order valence-corrected chi connectivity index (χ3v) is 5.99. The number of rotatable bonds is 5. The molecule has 0 saturated carbocycles. The average molecular weight is 446 g/mol. The SMILES string of the molecule is CCc1ccc(-c2nc3cc(NC(=O)c4cc(C#N)ccc4S(C)(=O)=O)ccc3o2)cn1. The van der Waals surface area contributed by atoms with E-state index in [0.29, 0.717) is 22.7 Å². The second-order valence-corrected chi connectivity index (χ2v) is 9.13. The number of fused-ring (bicyclic) bond motifs is 1. The maximum atomic E-state index is 12.8. The molecule has 0 radical (unpaired) electrons. The molecule has 4 rings (SSSR count). The number of aromatic nitrogens is 2. The largest absolute Gasteiger partial charge is 0.436 e. The fraction of sp³-hybridized carbons (Fsp3) is 0.130. The van der Waals surface area contributed by atoms with Crippen LogP contribution in [0.2, 0.25) is 0 Å². The van der Waals surface area contributed by atoms with Crippen LogP contribution >= 0.6 is 0 Å². The summed E-state index contributed by atoms with van der Waals surface area (Å²) in [5.74, 6) is -0.246. The summed E-state index contributed by atoms with van der Waals surface area (Å²) in [6, 6.07) is 14.5. The summed E-state index contributed by atoms with van der Waals surface area (Å²) in [6.07, 6.45) is 3.53. The Labute approximate surface area is 184 Å². The number of oxazole rings is 1. The lowest BCUT2D eigenvalue weighted by atomic mass is 10.1. The maximum Gasteiger partial charge on any atom is 0.257 e. The topological polar surface area (TPSA) is 126 Å². The highest BCUT2D eigenvalue weighted by molar-refractivity contribution is 7.90. The van der Waals surface area contributed by atoms with Crippen molar-refractivity contribution in [1.29, 1.82) is 5.26 Å². The molecule has 9 heteroatoms. The van der Waals surface area contributed by atoms with Gasteiger partial charge in [-0.25, -0.2) is 13.4 Å². The van der Waals surface area contributed by atoms with Crippen molar-refractivity contribution in [2.45, 2.75) is 18.2 Å². The van der Waals surface area contributed by atoms with E-state index in [1.165, 1.54) is 18.2 Å². The third-order valence-electron chi connectivity index (χ3n) is 4.83. The first kappa shape index (κ1) is 21.2. The van der Waals surface area contributed by atoms with Gasteiger partial charge in [0.05, 0.1) is 27.7 Å². The van der Waals surface area contributed by atoms with E-state index in [2.05, 4.69) is 15.3 Å². The smallest absolute Gasteiger partial charge is 0.257 e. The Morgan fingerprint density at radius 2 is 1.97 bits per heavy atom. The molecule has 0 bridgehead atoms. The number of benzene rings is 2. The molecule has 2 heterocycles. The van der Waals surface area contributed by atoms with E-state index in [1.54, 1.807) is 24.4 Å². The average Bonchev–Trinajstić information content (AvgIpc) is 3.21. The van der Waals surface area contributed by atoms with Crippen LogP contribution in [0.1, 0.15) is 28.5 Å². The van der Waals surface area contributed by atoms with Crippen molar-refractivity contribution in [2.75, 3.05) is 11.6 Å². The molecule has 2 aromatic heterocycles. The molecule has 0 aliphatic rings. The minimum Gasteiger partial charge on any atom is -0.436 e. The van der Waals surface area contributed by atoms with Gasteiger partial charge in [0.1, 0.15) is 5.52 Å². The van der Waals surface area contributed by atoms with E-state index in [9.17, 15) is 13.2 Å². The number of hydrogen-bond acceptors (Lipinski definition) is 7. The van der Waals surface area contributed by atoms with Crippen LogP contribution in [-0.2, 0) is 16.3 Å². The van der Waals surface area contributed by atoms with Crippen molar-refractivity contribution < 1.29 is 17.6 Å². The molecule has 1 amide bonds. The molecule has 8 nitrogen and oxygen atoms in total. The van der Waals surface area contributed by atoms with E-state index < -0.39 is 15.7 Å². The molecule has 0 unspecified atom stereocenters. The summed E-state index contributed by atoms with van der Waals surface area (Å²) < 4.78 is 29.9. The van der Waals surface area contributed by atoms with Crippen molar-refractivity contribution in [2.24, 2.45) is 0 Å². The second-order valence-electron chi connectivity index (χ2n) is 7.14. The quantitative estimate of drug-likeness (QED) is 0.491. The van der Waals surface area contributed by atoms with E-state index >= 15 is 0 Å². The molecular formula is C23H18N4O4S. The predicted molar refractivity (Wildman–Crippen MR) is 119 cm³/mol. The Morgan fingerprint density at radius 3 is 2.62 bits per heavy atom. The summed E-state index contributed by atoms with van der Waals surface area (Å²) in [6.45, 7) is 2.02. The van der Waals surface area contributed by atoms with Gasteiger partial charge in [-0.3, -0.25) is 9.78 Å². The van der Waals surface area contributed by atoms with Crippen LogP contribution in [0.3, 0.4) is 0 Å². The Bertz CT molecular complexity index is 1480. The third kappa shape index (κ3) is 4.22. The highest BCUT2D eigenvalue weighted by Crippen LogP contribution is 2.27. The molecule has 0 spiro atoms. The van der Waals surface area contributed by atoms with Crippen molar-refractivity contribution in [3.63, 3.8) is 0 Å². The lowest BCUT2D eigenvalue weighted by Gasteiger charge is -2.09. The summed E-state index contributed by atoms with van der Waals surface area (Å²) in [5, 5.41) is 11.8. The van der Waals surface area contributed by atoms with E-state index in [-0.39, 0.29) is 16.0 Å². The number of nitrogens with one attached hydrogen (secondary N) is 1. The van der Waals surface area contributed by atoms with Gasteiger partial charge in [-0.15, -0.1) is 0 Å². The maximum absolute atomic E-state index is 12.8. The van der Waals surface area contributed by atoms with Crippen molar-refractivity contribution in [3.05, 3.63) is 71.5 Å². The van der Waals surface area contributed by atoms with Crippen LogP contribution in [0, 0.1) is 11.3 Å². The highest BCUT2D eigenvalue weighted by Gasteiger charge is 2.20. The van der Waals surface area contributed by atoms with Gasteiger partial charge in [0, 0.05) is 23.8 Å². The molecule has 0 aliphatic heterocycles. The zero-order valence-corrected chi connectivity index (χ0v) is 18.1. The number of anilines is 1. The second kappa shape index (κ2) is 8.24. The number of nitriles is 1. The lowest BCUT2D eigenvalue weighted by molar-refractivity contribution is 0.102. The first-order valence-electron chi connectivity index (χ1n) is 9.70. The van der Waals surface area contributed by atoms with E-state index in [4.69, 9.17) is 9.68 Å². The molecule has 4 aromatic rings. The number of amides is 1. The monoisotopic (exact) mass is 446 g/mol. The molecule has 0 aliphatic carbocycles. The van der Waals surface area contributed by atoms with Gasteiger partial charge in [-0.1, -0.05) is 6.92 Å². The van der Waals surface area contributed by atoms with Gasteiger partial charge in [-0.2, -0.15) is 5.26 Å². The van der Waals surface area contributed by atoms with Crippen LogP contribution in [0.25, 0.3) is 22.6 Å². The molecule has 1 N–H and O–H groups in total. The standard InChI is InChI=1S/C23H18N4O4S/c1-3-16-6-5-15(13-25-16)23-27-19-11-17(7-8-20(19)31-23)26-22(28)18-10-14(12-24)4-9-21(18)32(2,29)30/h4-11,13H,3H2,1-2H3,(H,26,28). The molecule has 160 valence electrons. The molecule has 32 heavy (non-hydrogen) atoms. The molecule has 0 saturated heterocycles. The summed E-state index contributed by atoms with van der Waals surface area (Å²) in [7, 11) is -3.67. The van der Waals surface area contributed by atoms with Gasteiger partial charge in [-0.05, 0) is 55.0 Å². The van der Waals surface area contributed by atoms with Crippen molar-refractivity contribution >= 4 is 32.5 Å². The zero-order chi connectivity index (χ0) is 22.9. The zero-order valence-electron chi connectivity index (χ0n) is 17.3. The first-order chi connectivity index (χ1) is 15.3. The van der Waals surface area contributed by atoms with Crippen molar-refractivity contribution in [3.8, 4) is 17.5 Å². The highest BCUT2D eigenvalue weighted by atomic mass is 32.2. The lowest BCUT2D eigenvalue weighted by Crippen LogP contribution is -2.16. The minimum absolute atomic E-state index is 0.102. The summed E-state index contributed by atoms with van der Waals surface area (Å²) in [5.41, 5.74) is 3.23. The number of nitrogens with zero attached hydrogens (tertiary/aromatic N) is 3. The fourth-order valence-electron chi connectivity index (χ4n) is 3.19. The van der Waals surface area contributed by atoms with Gasteiger partial charge >= 0.3 is 0 Å². The van der Waals surface area contributed by atoms with Crippen LogP contribution in [0.15, 0.2) is 64.0 Å². The van der Waals surface area contributed by atoms with Crippen LogP contribution < -0.4 is 5.32 Å². The molecule has 0 fully saturated rings. The molecular weight excluding hydrogens is 428 g/mol. The van der Waals surface area contributed by atoms with Crippen LogP contribution in [0.4, 0.5) is 5.69 Å². The van der Waals surface area contributed by atoms with Gasteiger partial charge < -0.3 is 9.73 Å². The van der Waals surface area contributed by atoms with Gasteiger partial charge in [0.15, 0.2) is 15.4 Å².